The molecular formula is C22H27N5O. The number of H-pyrrole nitrogens is 1. The predicted molar refractivity (Wildman–Crippen MR) is 114 cm³/mol. The standard InChI is InChI=1S/C22H27N5O/c1-3-23-22(24-14-13-18-11-7-8-12-20(18)28-2)26-16-21-25-15-19(27-21)17-9-5-4-6-10-17/h4-12,15H,3,13-14,16H2,1-2H3,(H,25,27)(H2,23,24,26). The van der Waals surface area contributed by atoms with Gasteiger partial charge in [-0.25, -0.2) is 9.98 Å². The molecule has 0 amide bonds. The lowest BCUT2D eigenvalue weighted by atomic mass is 10.1. The molecule has 6 nitrogen and oxygen atoms in total. The first-order chi connectivity index (χ1) is 13.8. The van der Waals surface area contributed by atoms with Crippen molar-refractivity contribution in [3.05, 3.63) is 72.2 Å². The smallest absolute Gasteiger partial charge is 0.191 e. The Balaban J connectivity index is 1.57. The second-order valence-corrected chi connectivity index (χ2v) is 6.29. The summed E-state index contributed by atoms with van der Waals surface area (Å²) in [5, 5.41) is 6.64. The number of benzene rings is 2. The molecule has 3 aromatic rings. The third-order valence-electron chi connectivity index (χ3n) is 4.32. The van der Waals surface area contributed by atoms with Crippen molar-refractivity contribution in [2.75, 3.05) is 20.2 Å². The highest BCUT2D eigenvalue weighted by Crippen LogP contribution is 2.17. The van der Waals surface area contributed by atoms with Gasteiger partial charge in [-0.05, 0) is 30.5 Å². The molecule has 0 atom stereocenters. The summed E-state index contributed by atoms with van der Waals surface area (Å²) in [7, 11) is 1.70. The van der Waals surface area contributed by atoms with Gasteiger partial charge in [0.2, 0.25) is 0 Å². The molecule has 1 heterocycles. The van der Waals surface area contributed by atoms with Crippen molar-refractivity contribution in [1.82, 2.24) is 20.6 Å². The molecule has 0 aliphatic rings. The number of rotatable bonds is 8. The largest absolute Gasteiger partial charge is 0.496 e. The van der Waals surface area contributed by atoms with Crippen LogP contribution < -0.4 is 15.4 Å². The molecule has 0 saturated heterocycles. The van der Waals surface area contributed by atoms with Crippen molar-refractivity contribution < 1.29 is 4.74 Å². The van der Waals surface area contributed by atoms with E-state index in [1.807, 2.05) is 42.6 Å². The molecule has 0 saturated carbocycles. The normalized spacial score (nSPS) is 11.3. The average Bonchev–Trinajstić information content (AvgIpc) is 3.22. The number of hydrogen-bond acceptors (Lipinski definition) is 3. The van der Waals surface area contributed by atoms with Gasteiger partial charge in [0.25, 0.3) is 0 Å². The summed E-state index contributed by atoms with van der Waals surface area (Å²) in [5.41, 5.74) is 3.29. The van der Waals surface area contributed by atoms with Crippen LogP contribution in [0, 0.1) is 0 Å². The summed E-state index contributed by atoms with van der Waals surface area (Å²) in [6.07, 6.45) is 2.70. The SMILES string of the molecule is CCNC(=NCc1ncc(-c2ccccc2)[nH]1)NCCc1ccccc1OC. The predicted octanol–water partition coefficient (Wildman–Crippen LogP) is 3.38. The maximum Gasteiger partial charge on any atom is 0.191 e. The maximum absolute atomic E-state index is 5.41. The highest BCUT2D eigenvalue weighted by atomic mass is 16.5. The van der Waals surface area contributed by atoms with E-state index in [-0.39, 0.29) is 0 Å². The Kier molecular flexibility index (Phi) is 7.07. The zero-order valence-electron chi connectivity index (χ0n) is 16.4. The molecule has 1 aromatic heterocycles. The van der Waals surface area contributed by atoms with E-state index in [1.54, 1.807) is 7.11 Å². The molecule has 0 aliphatic carbocycles. The minimum atomic E-state index is 0.483. The fourth-order valence-electron chi connectivity index (χ4n) is 2.93. The van der Waals surface area contributed by atoms with Gasteiger partial charge < -0.3 is 20.4 Å². The van der Waals surface area contributed by atoms with Crippen molar-refractivity contribution in [2.24, 2.45) is 4.99 Å². The van der Waals surface area contributed by atoms with Crippen molar-refractivity contribution >= 4 is 5.96 Å². The highest BCUT2D eigenvalue weighted by Gasteiger charge is 2.05. The lowest BCUT2D eigenvalue weighted by Gasteiger charge is -2.12. The van der Waals surface area contributed by atoms with E-state index in [0.29, 0.717) is 6.54 Å². The number of nitrogens with zero attached hydrogens (tertiary/aromatic N) is 2. The van der Waals surface area contributed by atoms with Crippen LogP contribution in [0.3, 0.4) is 0 Å². The fourth-order valence-corrected chi connectivity index (χ4v) is 2.93. The number of aromatic amines is 1. The molecule has 3 rings (SSSR count). The zero-order valence-corrected chi connectivity index (χ0v) is 16.4. The van der Waals surface area contributed by atoms with Crippen molar-refractivity contribution in [3.8, 4) is 17.0 Å². The monoisotopic (exact) mass is 377 g/mol. The second-order valence-electron chi connectivity index (χ2n) is 6.29. The number of aliphatic imine (C=N–C) groups is 1. The number of methoxy groups -OCH3 is 1. The third-order valence-corrected chi connectivity index (χ3v) is 4.32. The van der Waals surface area contributed by atoms with Gasteiger partial charge in [-0.1, -0.05) is 48.5 Å². The summed E-state index contributed by atoms with van der Waals surface area (Å²) >= 11 is 0. The summed E-state index contributed by atoms with van der Waals surface area (Å²) in [6.45, 7) is 4.10. The van der Waals surface area contributed by atoms with Crippen LogP contribution in [0.25, 0.3) is 11.3 Å². The van der Waals surface area contributed by atoms with Crippen LogP contribution in [0.4, 0.5) is 0 Å². The number of para-hydroxylation sites is 1. The van der Waals surface area contributed by atoms with Gasteiger partial charge in [-0.3, -0.25) is 0 Å². The summed E-state index contributed by atoms with van der Waals surface area (Å²) in [6, 6.07) is 18.2. The Bertz CT molecular complexity index is 889. The number of hydrogen-bond donors (Lipinski definition) is 3. The van der Waals surface area contributed by atoms with Gasteiger partial charge in [0.15, 0.2) is 5.96 Å². The van der Waals surface area contributed by atoms with Crippen molar-refractivity contribution in [3.63, 3.8) is 0 Å². The van der Waals surface area contributed by atoms with Gasteiger partial charge >= 0.3 is 0 Å². The van der Waals surface area contributed by atoms with Crippen LogP contribution in [0.2, 0.25) is 0 Å². The molecule has 3 N–H and O–H groups in total. The number of imidazole rings is 1. The first-order valence-electron chi connectivity index (χ1n) is 9.53. The van der Waals surface area contributed by atoms with Gasteiger partial charge in [0.1, 0.15) is 18.1 Å². The van der Waals surface area contributed by atoms with Crippen LogP contribution in [0.5, 0.6) is 5.75 Å². The Hall–Kier alpha value is -3.28. The molecule has 0 bridgehead atoms. The maximum atomic E-state index is 5.41. The van der Waals surface area contributed by atoms with Crippen LogP contribution in [0.15, 0.2) is 65.8 Å². The Morgan fingerprint density at radius 3 is 2.64 bits per heavy atom. The van der Waals surface area contributed by atoms with E-state index < -0.39 is 0 Å². The summed E-state index contributed by atoms with van der Waals surface area (Å²) in [5.74, 6) is 2.52. The van der Waals surface area contributed by atoms with Gasteiger partial charge in [0, 0.05) is 13.1 Å². The Morgan fingerprint density at radius 2 is 1.86 bits per heavy atom. The molecular weight excluding hydrogens is 350 g/mol. The fraction of sp³-hybridized carbons (Fsp3) is 0.273. The molecule has 2 aromatic carbocycles. The molecule has 146 valence electrons. The summed E-state index contributed by atoms with van der Waals surface area (Å²) < 4.78 is 5.41. The summed E-state index contributed by atoms with van der Waals surface area (Å²) in [4.78, 5) is 12.4. The molecule has 0 spiro atoms. The van der Waals surface area contributed by atoms with Gasteiger partial charge in [-0.15, -0.1) is 0 Å². The molecule has 28 heavy (non-hydrogen) atoms. The van der Waals surface area contributed by atoms with E-state index in [2.05, 4.69) is 50.7 Å². The lowest BCUT2D eigenvalue weighted by molar-refractivity contribution is 0.409. The third kappa shape index (κ3) is 5.36. The molecule has 6 heteroatoms. The van der Waals surface area contributed by atoms with Gasteiger partial charge in [0.05, 0.1) is 19.0 Å². The molecule has 0 fully saturated rings. The molecule has 0 radical (unpaired) electrons. The first-order valence-corrected chi connectivity index (χ1v) is 9.53. The van der Waals surface area contributed by atoms with E-state index in [4.69, 9.17) is 4.74 Å². The molecule has 0 unspecified atom stereocenters. The van der Waals surface area contributed by atoms with Crippen LogP contribution in [-0.4, -0.2) is 36.1 Å². The number of aromatic nitrogens is 2. The quantitative estimate of drug-likeness (QED) is 0.416. The van der Waals surface area contributed by atoms with E-state index >= 15 is 0 Å². The second kappa shape index (κ2) is 10.2. The highest BCUT2D eigenvalue weighted by molar-refractivity contribution is 5.79. The van der Waals surface area contributed by atoms with E-state index in [9.17, 15) is 0 Å². The van der Waals surface area contributed by atoms with Crippen molar-refractivity contribution in [2.45, 2.75) is 19.9 Å². The lowest BCUT2D eigenvalue weighted by Crippen LogP contribution is -2.38. The molecule has 0 aliphatic heterocycles. The number of guanidine groups is 1. The van der Waals surface area contributed by atoms with Crippen LogP contribution in [-0.2, 0) is 13.0 Å². The van der Waals surface area contributed by atoms with E-state index in [1.165, 1.54) is 5.56 Å². The number of nitrogens with one attached hydrogen (secondary N) is 3. The van der Waals surface area contributed by atoms with Gasteiger partial charge in [-0.2, -0.15) is 0 Å². The van der Waals surface area contributed by atoms with Crippen LogP contribution in [0.1, 0.15) is 18.3 Å². The van der Waals surface area contributed by atoms with Crippen molar-refractivity contribution in [1.29, 1.82) is 0 Å². The van der Waals surface area contributed by atoms with E-state index in [0.717, 1.165) is 48.3 Å². The topological polar surface area (TPSA) is 74.3 Å². The first kappa shape index (κ1) is 19.5. The Labute approximate surface area is 166 Å². The zero-order chi connectivity index (χ0) is 19.6. The minimum Gasteiger partial charge on any atom is -0.496 e. The number of ether oxygens (including phenoxy) is 1. The minimum absolute atomic E-state index is 0.483. The Morgan fingerprint density at radius 1 is 1.07 bits per heavy atom. The van der Waals surface area contributed by atoms with Crippen LogP contribution >= 0.6 is 0 Å². The average molecular weight is 377 g/mol.